The average Bonchev–Trinajstić information content (AvgIpc) is 2.87. The maximum Gasteiger partial charge on any atom is 0.236 e. The first-order valence-electron chi connectivity index (χ1n) is 12.3. The molecule has 1 N–H and O–H groups in total. The summed E-state index contributed by atoms with van der Waals surface area (Å²) in [6.07, 6.45) is 2.92. The lowest BCUT2D eigenvalue weighted by atomic mass is 9.97. The molecule has 1 unspecified atom stereocenters. The van der Waals surface area contributed by atoms with Crippen LogP contribution in [-0.2, 0) is 32.6 Å². The number of rotatable bonds is 8. The summed E-state index contributed by atoms with van der Waals surface area (Å²) < 4.78 is 32.4. The molecule has 2 aromatic rings. The van der Waals surface area contributed by atoms with E-state index in [1.165, 1.54) is 15.3 Å². The predicted molar refractivity (Wildman–Crippen MR) is 138 cm³/mol. The van der Waals surface area contributed by atoms with E-state index in [0.29, 0.717) is 32.5 Å². The molecule has 7 nitrogen and oxygen atoms in total. The summed E-state index contributed by atoms with van der Waals surface area (Å²) in [6, 6.07) is 17.7. The third-order valence-electron chi connectivity index (χ3n) is 6.61. The van der Waals surface area contributed by atoms with Crippen molar-refractivity contribution in [3.05, 3.63) is 76.7 Å². The molecule has 188 valence electrons. The second-order valence-corrected chi connectivity index (χ2v) is 11.2. The number of amides is 1. The van der Waals surface area contributed by atoms with E-state index >= 15 is 0 Å². The SMILES string of the molecule is CC1CN(Cc2cccc(CNC(=O)C3CCN(S(=O)(=O)/C=C/c4ccccc4)CC3)c2)CCO1. The Morgan fingerprint density at radius 2 is 1.80 bits per heavy atom. The highest BCUT2D eigenvalue weighted by molar-refractivity contribution is 7.92. The second-order valence-electron chi connectivity index (χ2n) is 9.39. The van der Waals surface area contributed by atoms with Gasteiger partial charge in [-0.25, -0.2) is 8.42 Å². The molecule has 4 rings (SSSR count). The third kappa shape index (κ3) is 7.48. The van der Waals surface area contributed by atoms with Gasteiger partial charge in [0.2, 0.25) is 15.9 Å². The van der Waals surface area contributed by atoms with Gasteiger partial charge >= 0.3 is 0 Å². The fourth-order valence-electron chi connectivity index (χ4n) is 4.65. The van der Waals surface area contributed by atoms with Gasteiger partial charge in [0.1, 0.15) is 0 Å². The van der Waals surface area contributed by atoms with Crippen LogP contribution < -0.4 is 5.32 Å². The molecule has 2 heterocycles. The molecule has 0 aliphatic carbocycles. The number of carbonyl (C=O) groups excluding carboxylic acids is 1. The Hall–Kier alpha value is -2.52. The average molecular weight is 498 g/mol. The molecule has 0 radical (unpaired) electrons. The van der Waals surface area contributed by atoms with Gasteiger partial charge in [-0.2, -0.15) is 4.31 Å². The molecule has 2 aliphatic rings. The van der Waals surface area contributed by atoms with E-state index in [0.717, 1.165) is 37.4 Å². The summed E-state index contributed by atoms with van der Waals surface area (Å²) in [4.78, 5) is 15.2. The zero-order chi connectivity index (χ0) is 24.7. The molecule has 2 fully saturated rings. The van der Waals surface area contributed by atoms with Crippen molar-refractivity contribution < 1.29 is 17.9 Å². The molecule has 2 saturated heterocycles. The number of carbonyl (C=O) groups is 1. The lowest BCUT2D eigenvalue weighted by Crippen LogP contribution is -2.42. The van der Waals surface area contributed by atoms with Gasteiger partial charge in [0.15, 0.2) is 0 Å². The lowest BCUT2D eigenvalue weighted by Gasteiger charge is -2.31. The van der Waals surface area contributed by atoms with Crippen molar-refractivity contribution in [2.75, 3.05) is 32.8 Å². The van der Waals surface area contributed by atoms with E-state index in [1.54, 1.807) is 6.08 Å². The molecule has 8 heteroatoms. The first-order valence-corrected chi connectivity index (χ1v) is 13.8. The summed E-state index contributed by atoms with van der Waals surface area (Å²) in [5.41, 5.74) is 3.14. The van der Waals surface area contributed by atoms with Gasteiger partial charge < -0.3 is 10.1 Å². The van der Waals surface area contributed by atoms with Crippen molar-refractivity contribution in [3.8, 4) is 0 Å². The molecule has 35 heavy (non-hydrogen) atoms. The molecule has 2 aliphatic heterocycles. The summed E-state index contributed by atoms with van der Waals surface area (Å²) in [6.45, 7) is 6.78. The second kappa shape index (κ2) is 11.9. The molecule has 0 spiro atoms. The number of nitrogens with one attached hydrogen (secondary N) is 1. The molecule has 1 atom stereocenters. The molecule has 2 aromatic carbocycles. The Morgan fingerprint density at radius 1 is 1.06 bits per heavy atom. The Labute approximate surface area is 208 Å². The quantitative estimate of drug-likeness (QED) is 0.606. The van der Waals surface area contributed by atoms with E-state index < -0.39 is 10.0 Å². The van der Waals surface area contributed by atoms with Crippen LogP contribution in [0.25, 0.3) is 6.08 Å². The monoisotopic (exact) mass is 497 g/mol. The van der Waals surface area contributed by atoms with Gasteiger partial charge in [-0.1, -0.05) is 54.6 Å². The zero-order valence-corrected chi connectivity index (χ0v) is 21.1. The maximum absolute atomic E-state index is 12.8. The van der Waals surface area contributed by atoms with Crippen molar-refractivity contribution in [1.29, 1.82) is 0 Å². The number of sulfonamides is 1. The normalized spacial score (nSPS) is 20.8. The topological polar surface area (TPSA) is 79.0 Å². The van der Waals surface area contributed by atoms with Crippen molar-refractivity contribution in [1.82, 2.24) is 14.5 Å². The number of morpholine rings is 1. The van der Waals surface area contributed by atoms with Gasteiger partial charge in [0.25, 0.3) is 0 Å². The Morgan fingerprint density at radius 3 is 2.54 bits per heavy atom. The van der Waals surface area contributed by atoms with Crippen LogP contribution in [-0.4, -0.2) is 62.4 Å². The van der Waals surface area contributed by atoms with Crippen LogP contribution in [0.4, 0.5) is 0 Å². The Kier molecular flexibility index (Phi) is 8.73. The molecule has 0 bridgehead atoms. The number of ether oxygens (including phenoxy) is 1. The maximum atomic E-state index is 12.8. The van der Waals surface area contributed by atoms with Crippen LogP contribution in [0.2, 0.25) is 0 Å². The van der Waals surface area contributed by atoms with Crippen LogP contribution >= 0.6 is 0 Å². The highest BCUT2D eigenvalue weighted by Gasteiger charge is 2.29. The highest BCUT2D eigenvalue weighted by atomic mass is 32.2. The number of hydrogen-bond acceptors (Lipinski definition) is 5. The Bertz CT molecular complexity index is 1110. The van der Waals surface area contributed by atoms with Crippen LogP contribution in [0.1, 0.15) is 36.5 Å². The number of piperidine rings is 1. The largest absolute Gasteiger partial charge is 0.376 e. The van der Waals surface area contributed by atoms with Crippen molar-refractivity contribution in [2.45, 2.75) is 39.0 Å². The Balaban J connectivity index is 1.24. The molecule has 0 saturated carbocycles. The first-order chi connectivity index (χ1) is 16.9. The highest BCUT2D eigenvalue weighted by Crippen LogP contribution is 2.21. The van der Waals surface area contributed by atoms with E-state index in [1.807, 2.05) is 42.5 Å². The minimum Gasteiger partial charge on any atom is -0.376 e. The third-order valence-corrected chi connectivity index (χ3v) is 8.17. The molecular weight excluding hydrogens is 462 g/mol. The van der Waals surface area contributed by atoms with Gasteiger partial charge in [0.05, 0.1) is 12.7 Å². The summed E-state index contributed by atoms with van der Waals surface area (Å²) in [5, 5.41) is 4.31. The van der Waals surface area contributed by atoms with Crippen molar-refractivity contribution in [3.63, 3.8) is 0 Å². The van der Waals surface area contributed by atoms with Crippen molar-refractivity contribution in [2.24, 2.45) is 5.92 Å². The zero-order valence-electron chi connectivity index (χ0n) is 20.3. The lowest BCUT2D eigenvalue weighted by molar-refractivity contribution is -0.126. The van der Waals surface area contributed by atoms with Gasteiger partial charge in [-0.05, 0) is 42.5 Å². The van der Waals surface area contributed by atoms with Crippen LogP contribution in [0.5, 0.6) is 0 Å². The predicted octanol–water partition coefficient (Wildman–Crippen LogP) is 3.24. The van der Waals surface area contributed by atoms with Gasteiger partial charge in [-0.3, -0.25) is 9.69 Å². The van der Waals surface area contributed by atoms with Crippen LogP contribution in [0.3, 0.4) is 0 Å². The standard InChI is InChI=1S/C27H35N3O4S/c1-22-20-29(15-16-34-22)21-25-9-5-8-24(18-25)19-28-27(31)26-10-13-30(14-11-26)35(32,33)17-12-23-6-3-2-4-7-23/h2-9,12,17-18,22,26H,10-11,13-16,19-21H2,1H3,(H,28,31)/b17-12+. The van der Waals surface area contributed by atoms with E-state index in [2.05, 4.69) is 29.3 Å². The van der Waals surface area contributed by atoms with E-state index in [4.69, 9.17) is 4.74 Å². The summed E-state index contributed by atoms with van der Waals surface area (Å²) in [5.74, 6) is -0.174. The van der Waals surface area contributed by atoms with Gasteiger partial charge in [0, 0.05) is 50.6 Å². The fraction of sp³-hybridized carbons (Fsp3) is 0.444. The first kappa shape index (κ1) is 25.6. The summed E-state index contributed by atoms with van der Waals surface area (Å²) >= 11 is 0. The molecule has 1 amide bonds. The van der Waals surface area contributed by atoms with E-state index in [-0.39, 0.29) is 17.9 Å². The minimum absolute atomic E-state index is 0.00529. The molecule has 0 aromatic heterocycles. The fourth-order valence-corrected chi connectivity index (χ4v) is 5.87. The van der Waals surface area contributed by atoms with Crippen LogP contribution in [0.15, 0.2) is 60.0 Å². The van der Waals surface area contributed by atoms with Crippen LogP contribution in [0, 0.1) is 5.92 Å². The number of hydrogen-bond donors (Lipinski definition) is 1. The van der Waals surface area contributed by atoms with E-state index in [9.17, 15) is 13.2 Å². The smallest absolute Gasteiger partial charge is 0.236 e. The molecular formula is C27H35N3O4S. The van der Waals surface area contributed by atoms with Gasteiger partial charge in [-0.15, -0.1) is 0 Å². The number of nitrogens with zero attached hydrogens (tertiary/aromatic N) is 2. The minimum atomic E-state index is -3.50. The summed E-state index contributed by atoms with van der Waals surface area (Å²) in [7, 11) is -3.50. The number of benzene rings is 2. The van der Waals surface area contributed by atoms with Crippen molar-refractivity contribution >= 4 is 22.0 Å².